The molecule has 0 aliphatic heterocycles. The molecule has 21 heavy (non-hydrogen) atoms. The molecule has 0 fully saturated rings. The summed E-state index contributed by atoms with van der Waals surface area (Å²) in [6.07, 6.45) is 0. The summed E-state index contributed by atoms with van der Waals surface area (Å²) in [5, 5.41) is 2.36. The summed E-state index contributed by atoms with van der Waals surface area (Å²) < 4.78 is 39.5. The molecule has 0 radical (unpaired) electrons. The monoisotopic (exact) mass is 310 g/mol. The minimum Gasteiger partial charge on any atom is -0.389 e. The molecule has 0 saturated heterocycles. The molecule has 7 heteroatoms. The summed E-state index contributed by atoms with van der Waals surface area (Å²) in [6, 6.07) is 5.95. The highest BCUT2D eigenvalue weighted by Gasteiger charge is 2.15. The van der Waals surface area contributed by atoms with Crippen molar-refractivity contribution in [3.05, 3.63) is 65.0 Å². The second-order valence-electron chi connectivity index (χ2n) is 4.13. The number of amides is 1. The highest BCUT2D eigenvalue weighted by Crippen LogP contribution is 2.19. The molecule has 0 aromatic heterocycles. The fourth-order valence-corrected chi connectivity index (χ4v) is 1.86. The summed E-state index contributed by atoms with van der Waals surface area (Å²) in [7, 11) is 0. The number of carbonyl (C=O) groups excluding carboxylic acids is 1. The predicted octanol–water partition coefficient (Wildman–Crippen LogP) is 2.99. The Bertz CT molecular complexity index is 734. The molecule has 0 heterocycles. The van der Waals surface area contributed by atoms with Gasteiger partial charge in [-0.1, -0.05) is 12.2 Å². The van der Waals surface area contributed by atoms with Crippen LogP contribution in [0.4, 0.5) is 18.9 Å². The molecule has 3 N–H and O–H groups in total. The molecule has 2 aromatic carbocycles. The van der Waals surface area contributed by atoms with E-state index in [4.69, 9.17) is 18.0 Å². The summed E-state index contributed by atoms with van der Waals surface area (Å²) >= 11 is 4.76. The molecule has 0 saturated carbocycles. The van der Waals surface area contributed by atoms with Gasteiger partial charge in [0.05, 0.1) is 11.3 Å². The Hall–Kier alpha value is -2.41. The van der Waals surface area contributed by atoms with E-state index in [0.29, 0.717) is 6.07 Å². The van der Waals surface area contributed by atoms with Gasteiger partial charge in [-0.05, 0) is 30.3 Å². The maximum Gasteiger partial charge on any atom is 0.258 e. The molecule has 2 aromatic rings. The van der Waals surface area contributed by atoms with Gasteiger partial charge in [0.15, 0.2) is 0 Å². The van der Waals surface area contributed by atoms with Crippen LogP contribution in [0.5, 0.6) is 0 Å². The largest absolute Gasteiger partial charge is 0.389 e. The van der Waals surface area contributed by atoms with Gasteiger partial charge in [-0.25, -0.2) is 13.2 Å². The van der Waals surface area contributed by atoms with Crippen molar-refractivity contribution in [3.63, 3.8) is 0 Å². The molecule has 0 atom stereocenters. The maximum atomic E-state index is 13.5. The lowest BCUT2D eigenvalue weighted by Gasteiger charge is -2.10. The average molecular weight is 310 g/mol. The van der Waals surface area contributed by atoms with Gasteiger partial charge in [-0.2, -0.15) is 0 Å². The molecule has 0 unspecified atom stereocenters. The number of rotatable bonds is 3. The van der Waals surface area contributed by atoms with Crippen LogP contribution in [0.15, 0.2) is 36.4 Å². The Morgan fingerprint density at radius 3 is 2.24 bits per heavy atom. The van der Waals surface area contributed by atoms with E-state index < -0.39 is 23.4 Å². The van der Waals surface area contributed by atoms with E-state index in [9.17, 15) is 18.0 Å². The molecule has 1 amide bonds. The predicted molar refractivity (Wildman–Crippen MR) is 76.6 cm³/mol. The summed E-state index contributed by atoms with van der Waals surface area (Å²) in [4.78, 5) is 11.8. The van der Waals surface area contributed by atoms with Crippen molar-refractivity contribution >= 4 is 28.8 Å². The Labute approximate surface area is 123 Å². The SMILES string of the molecule is NC(=S)c1cc(F)ccc1NC(=O)c1ccc(F)cc1F. The Balaban J connectivity index is 2.34. The smallest absolute Gasteiger partial charge is 0.258 e. The molecule has 0 aliphatic rings. The molecule has 0 spiro atoms. The standard InChI is InChI=1S/C14H9F3N2OS/c15-7-2-4-12(10(5-7)13(18)21)19-14(20)9-3-1-8(16)6-11(9)17/h1-6H,(H2,18,21)(H,19,20). The van der Waals surface area contributed by atoms with Crippen LogP contribution in [0.2, 0.25) is 0 Å². The second kappa shape index (κ2) is 5.92. The van der Waals surface area contributed by atoms with E-state index >= 15 is 0 Å². The third-order valence-corrected chi connectivity index (χ3v) is 2.89. The topological polar surface area (TPSA) is 55.1 Å². The lowest BCUT2D eigenvalue weighted by Crippen LogP contribution is -2.18. The van der Waals surface area contributed by atoms with Crippen LogP contribution in [-0.4, -0.2) is 10.9 Å². The zero-order chi connectivity index (χ0) is 15.6. The molecule has 3 nitrogen and oxygen atoms in total. The molecule has 108 valence electrons. The summed E-state index contributed by atoms with van der Waals surface area (Å²) in [5.74, 6) is -3.21. The Morgan fingerprint density at radius 2 is 1.62 bits per heavy atom. The number of halogens is 3. The lowest BCUT2D eigenvalue weighted by molar-refractivity contribution is 0.102. The van der Waals surface area contributed by atoms with Crippen LogP contribution in [0.1, 0.15) is 15.9 Å². The van der Waals surface area contributed by atoms with E-state index in [1.807, 2.05) is 0 Å². The first-order valence-corrected chi connectivity index (χ1v) is 6.15. The number of hydrogen-bond donors (Lipinski definition) is 2. The van der Waals surface area contributed by atoms with E-state index in [1.54, 1.807) is 0 Å². The number of nitrogens with one attached hydrogen (secondary N) is 1. The number of nitrogens with two attached hydrogens (primary N) is 1. The third kappa shape index (κ3) is 3.38. The van der Waals surface area contributed by atoms with E-state index in [1.165, 1.54) is 6.07 Å². The van der Waals surface area contributed by atoms with Crippen molar-refractivity contribution in [2.24, 2.45) is 5.73 Å². The lowest BCUT2D eigenvalue weighted by atomic mass is 10.1. The highest BCUT2D eigenvalue weighted by atomic mass is 32.1. The van der Waals surface area contributed by atoms with Crippen LogP contribution < -0.4 is 11.1 Å². The minimum absolute atomic E-state index is 0.112. The normalized spacial score (nSPS) is 10.2. The zero-order valence-corrected chi connectivity index (χ0v) is 11.3. The van der Waals surface area contributed by atoms with Crippen LogP contribution >= 0.6 is 12.2 Å². The molecule has 0 aliphatic carbocycles. The number of hydrogen-bond acceptors (Lipinski definition) is 2. The first-order valence-electron chi connectivity index (χ1n) is 5.74. The third-order valence-electron chi connectivity index (χ3n) is 2.67. The van der Waals surface area contributed by atoms with Crippen LogP contribution in [0.25, 0.3) is 0 Å². The van der Waals surface area contributed by atoms with E-state index in [-0.39, 0.29) is 21.8 Å². The van der Waals surface area contributed by atoms with Crippen molar-refractivity contribution in [3.8, 4) is 0 Å². The van der Waals surface area contributed by atoms with Crippen LogP contribution in [-0.2, 0) is 0 Å². The number of benzene rings is 2. The van der Waals surface area contributed by atoms with Gasteiger partial charge in [0.2, 0.25) is 0 Å². The number of thiocarbonyl (C=S) groups is 1. The van der Waals surface area contributed by atoms with E-state index in [0.717, 1.165) is 24.3 Å². The number of carbonyl (C=O) groups is 1. The Kier molecular flexibility index (Phi) is 4.23. The van der Waals surface area contributed by atoms with Gasteiger partial charge in [0.1, 0.15) is 22.4 Å². The molecular weight excluding hydrogens is 301 g/mol. The minimum atomic E-state index is -1.01. The van der Waals surface area contributed by atoms with Gasteiger partial charge in [-0.15, -0.1) is 0 Å². The molecule has 2 rings (SSSR count). The van der Waals surface area contributed by atoms with Crippen LogP contribution in [0.3, 0.4) is 0 Å². The van der Waals surface area contributed by atoms with Gasteiger partial charge in [-0.3, -0.25) is 4.79 Å². The van der Waals surface area contributed by atoms with Crippen molar-refractivity contribution in [2.45, 2.75) is 0 Å². The summed E-state index contributed by atoms with van der Waals surface area (Å²) in [6.45, 7) is 0. The fraction of sp³-hybridized carbons (Fsp3) is 0. The second-order valence-corrected chi connectivity index (χ2v) is 4.57. The average Bonchev–Trinajstić information content (AvgIpc) is 2.40. The first-order chi connectivity index (χ1) is 9.88. The first kappa shape index (κ1) is 15.0. The van der Waals surface area contributed by atoms with Crippen molar-refractivity contribution in [1.29, 1.82) is 0 Å². The molecule has 0 bridgehead atoms. The summed E-state index contributed by atoms with van der Waals surface area (Å²) in [5.41, 5.74) is 5.33. The highest BCUT2D eigenvalue weighted by molar-refractivity contribution is 7.80. The van der Waals surface area contributed by atoms with Crippen molar-refractivity contribution in [2.75, 3.05) is 5.32 Å². The van der Waals surface area contributed by atoms with Crippen molar-refractivity contribution in [1.82, 2.24) is 0 Å². The van der Waals surface area contributed by atoms with Crippen molar-refractivity contribution < 1.29 is 18.0 Å². The Morgan fingerprint density at radius 1 is 1.00 bits per heavy atom. The van der Waals surface area contributed by atoms with Crippen LogP contribution in [0, 0.1) is 17.5 Å². The quantitative estimate of drug-likeness (QED) is 0.857. The molecular formula is C14H9F3N2OS. The fourth-order valence-electron chi connectivity index (χ4n) is 1.69. The van der Waals surface area contributed by atoms with E-state index in [2.05, 4.69) is 5.32 Å². The van der Waals surface area contributed by atoms with Gasteiger partial charge >= 0.3 is 0 Å². The zero-order valence-electron chi connectivity index (χ0n) is 10.5. The van der Waals surface area contributed by atoms with Gasteiger partial charge in [0.25, 0.3) is 5.91 Å². The van der Waals surface area contributed by atoms with Gasteiger partial charge in [0, 0.05) is 11.6 Å². The number of anilines is 1. The van der Waals surface area contributed by atoms with Gasteiger partial charge < -0.3 is 11.1 Å². The maximum absolute atomic E-state index is 13.5.